The molecule has 0 saturated carbocycles. The number of allylic oxidation sites excluding steroid dienone is 2. The van der Waals surface area contributed by atoms with Crippen molar-refractivity contribution < 1.29 is 14.3 Å². The fraction of sp³-hybridized carbons (Fsp3) is 0.375. The zero-order valence-electron chi connectivity index (χ0n) is 13.7. The van der Waals surface area contributed by atoms with Crippen molar-refractivity contribution in [1.29, 1.82) is 0 Å². The largest absolute Gasteiger partial charge is 0.493 e. The minimum Gasteiger partial charge on any atom is -0.493 e. The van der Waals surface area contributed by atoms with E-state index >= 15 is 0 Å². The highest BCUT2D eigenvalue weighted by molar-refractivity contribution is 6.32. The van der Waals surface area contributed by atoms with Gasteiger partial charge in [-0.05, 0) is 41.0 Å². The molecule has 2 aromatic rings. The number of anilines is 1. The summed E-state index contributed by atoms with van der Waals surface area (Å²) in [4.78, 5) is 12.6. The van der Waals surface area contributed by atoms with E-state index in [1.807, 2.05) is 0 Å². The third kappa shape index (κ3) is 2.44. The van der Waals surface area contributed by atoms with Crippen LogP contribution in [0.4, 0.5) is 5.95 Å². The Labute approximate surface area is 148 Å². The molecule has 0 bridgehead atoms. The van der Waals surface area contributed by atoms with E-state index < -0.39 is 6.04 Å². The van der Waals surface area contributed by atoms with Gasteiger partial charge in [0.25, 0.3) is 0 Å². The zero-order valence-corrected chi connectivity index (χ0v) is 14.5. The summed E-state index contributed by atoms with van der Waals surface area (Å²) in [6.07, 6.45) is 2.10. The average molecular weight is 362 g/mol. The molecule has 0 amide bonds. The molecule has 1 aromatic carbocycles. The number of aromatic nitrogens is 4. The summed E-state index contributed by atoms with van der Waals surface area (Å²) < 4.78 is 12.3. The van der Waals surface area contributed by atoms with E-state index in [2.05, 4.69) is 20.8 Å². The summed E-state index contributed by atoms with van der Waals surface area (Å²) in [6, 6.07) is 3.11. The van der Waals surface area contributed by atoms with Gasteiger partial charge in [0.1, 0.15) is 6.04 Å². The van der Waals surface area contributed by atoms with Gasteiger partial charge >= 0.3 is 0 Å². The second-order valence-electron chi connectivity index (χ2n) is 5.88. The maximum atomic E-state index is 12.6. The number of methoxy groups -OCH3 is 2. The highest BCUT2D eigenvalue weighted by Crippen LogP contribution is 2.44. The Morgan fingerprint density at radius 1 is 1.28 bits per heavy atom. The molecule has 130 valence electrons. The van der Waals surface area contributed by atoms with Gasteiger partial charge in [-0.15, -0.1) is 0 Å². The number of ether oxygens (including phenoxy) is 2. The topological polar surface area (TPSA) is 91.2 Å². The number of ketones is 1. The first kappa shape index (κ1) is 15.9. The number of halogens is 1. The molecule has 9 heteroatoms. The van der Waals surface area contributed by atoms with Crippen molar-refractivity contribution in [1.82, 2.24) is 20.2 Å². The number of hydrogen-bond donors (Lipinski definition) is 1. The Kier molecular flexibility index (Phi) is 3.84. The lowest BCUT2D eigenvalue weighted by atomic mass is 9.85. The summed E-state index contributed by atoms with van der Waals surface area (Å²) in [5.41, 5.74) is 2.31. The highest BCUT2D eigenvalue weighted by atomic mass is 35.5. The number of carbonyl (C=O) groups is 1. The smallest absolute Gasteiger partial charge is 0.248 e. The number of hydrogen-bond acceptors (Lipinski definition) is 7. The molecule has 1 atom stereocenters. The van der Waals surface area contributed by atoms with Crippen molar-refractivity contribution in [2.24, 2.45) is 0 Å². The van der Waals surface area contributed by atoms with Crippen LogP contribution in [0.15, 0.2) is 23.4 Å². The van der Waals surface area contributed by atoms with E-state index in [0.29, 0.717) is 34.5 Å². The van der Waals surface area contributed by atoms with Crippen molar-refractivity contribution in [3.05, 3.63) is 34.0 Å². The van der Waals surface area contributed by atoms with Gasteiger partial charge in [-0.1, -0.05) is 16.7 Å². The SMILES string of the molecule is COc1cc(C2C3=C(CCCC3=O)Nc3nnnn32)cc(Cl)c1OC. The van der Waals surface area contributed by atoms with Crippen molar-refractivity contribution in [2.75, 3.05) is 19.5 Å². The first-order valence-electron chi connectivity index (χ1n) is 7.86. The molecule has 0 radical (unpaired) electrons. The molecule has 2 heterocycles. The summed E-state index contributed by atoms with van der Waals surface area (Å²) in [6.45, 7) is 0. The molecule has 1 aromatic heterocycles. The maximum absolute atomic E-state index is 12.6. The molecule has 4 rings (SSSR count). The molecule has 1 N–H and O–H groups in total. The molecule has 2 aliphatic rings. The van der Waals surface area contributed by atoms with Crippen molar-refractivity contribution in [3.63, 3.8) is 0 Å². The molecule has 1 unspecified atom stereocenters. The van der Waals surface area contributed by atoms with Crippen LogP contribution >= 0.6 is 11.6 Å². The van der Waals surface area contributed by atoms with Crippen LogP contribution in [0.5, 0.6) is 11.5 Å². The van der Waals surface area contributed by atoms with Crippen LogP contribution in [-0.4, -0.2) is 40.2 Å². The summed E-state index contributed by atoms with van der Waals surface area (Å²) in [5.74, 6) is 1.53. The molecular weight excluding hydrogens is 346 g/mol. The molecular formula is C16H16ClN5O3. The fourth-order valence-corrected chi connectivity index (χ4v) is 3.72. The van der Waals surface area contributed by atoms with Crippen LogP contribution < -0.4 is 14.8 Å². The summed E-state index contributed by atoms with van der Waals surface area (Å²) in [7, 11) is 3.07. The predicted molar refractivity (Wildman–Crippen MR) is 90.0 cm³/mol. The van der Waals surface area contributed by atoms with Gasteiger partial charge in [-0.25, -0.2) is 0 Å². The van der Waals surface area contributed by atoms with E-state index in [1.54, 1.807) is 23.9 Å². The summed E-state index contributed by atoms with van der Waals surface area (Å²) in [5, 5.41) is 15.4. The zero-order chi connectivity index (χ0) is 17.6. The van der Waals surface area contributed by atoms with E-state index in [1.165, 1.54) is 7.11 Å². The Morgan fingerprint density at radius 3 is 2.88 bits per heavy atom. The van der Waals surface area contributed by atoms with Crippen LogP contribution in [0, 0.1) is 0 Å². The number of nitrogens with one attached hydrogen (secondary N) is 1. The predicted octanol–water partition coefficient (Wildman–Crippen LogP) is 2.37. The van der Waals surface area contributed by atoms with Crippen molar-refractivity contribution in [3.8, 4) is 11.5 Å². The molecule has 25 heavy (non-hydrogen) atoms. The van der Waals surface area contributed by atoms with Crippen LogP contribution in [0.1, 0.15) is 30.9 Å². The number of fused-ring (bicyclic) bond motifs is 1. The normalized spacial score (nSPS) is 19.2. The van der Waals surface area contributed by atoms with Gasteiger partial charge < -0.3 is 14.8 Å². The first-order chi connectivity index (χ1) is 12.1. The molecule has 1 aliphatic heterocycles. The third-order valence-electron chi connectivity index (χ3n) is 4.50. The molecule has 0 fully saturated rings. The molecule has 8 nitrogen and oxygen atoms in total. The minimum atomic E-state index is -0.452. The van der Waals surface area contributed by atoms with E-state index in [0.717, 1.165) is 24.1 Å². The number of Topliss-reactive ketones (excluding diaryl/α,β-unsaturated/α-hetero) is 1. The van der Waals surface area contributed by atoms with Crippen molar-refractivity contribution >= 4 is 23.3 Å². The van der Waals surface area contributed by atoms with Gasteiger partial charge in [0.15, 0.2) is 17.3 Å². The van der Waals surface area contributed by atoms with Crippen molar-refractivity contribution in [2.45, 2.75) is 25.3 Å². The van der Waals surface area contributed by atoms with E-state index in [-0.39, 0.29) is 5.78 Å². The second kappa shape index (κ2) is 6.03. The Bertz CT molecular complexity index is 892. The maximum Gasteiger partial charge on any atom is 0.248 e. The quantitative estimate of drug-likeness (QED) is 0.897. The van der Waals surface area contributed by atoms with Crippen LogP contribution in [0.2, 0.25) is 5.02 Å². The van der Waals surface area contributed by atoms with Gasteiger partial charge in [0.2, 0.25) is 5.95 Å². The molecule has 0 spiro atoms. The van der Waals surface area contributed by atoms with Crippen LogP contribution in [0.3, 0.4) is 0 Å². The van der Waals surface area contributed by atoms with Gasteiger partial charge in [-0.2, -0.15) is 4.68 Å². The lowest BCUT2D eigenvalue weighted by molar-refractivity contribution is -0.116. The Hall–Kier alpha value is -2.61. The first-order valence-corrected chi connectivity index (χ1v) is 8.24. The lowest BCUT2D eigenvalue weighted by Crippen LogP contribution is -2.31. The monoisotopic (exact) mass is 361 g/mol. The number of tetrazole rings is 1. The molecule has 1 aliphatic carbocycles. The number of rotatable bonds is 3. The van der Waals surface area contributed by atoms with Gasteiger partial charge in [0, 0.05) is 17.7 Å². The minimum absolute atomic E-state index is 0.0887. The fourth-order valence-electron chi connectivity index (χ4n) is 3.42. The van der Waals surface area contributed by atoms with Crippen LogP contribution in [-0.2, 0) is 4.79 Å². The standard InChI is InChI=1S/C16H16ClN5O3/c1-24-12-7-8(6-9(17)15(12)25-2)14-13-10(4-3-5-11(13)23)18-16-19-20-21-22(14)16/h6-7,14H,3-5H2,1-2H3,(H,18,19,21). The number of nitrogens with zero attached hydrogens (tertiary/aromatic N) is 4. The van der Waals surface area contributed by atoms with E-state index in [9.17, 15) is 4.79 Å². The average Bonchev–Trinajstić information content (AvgIpc) is 3.07. The van der Waals surface area contributed by atoms with Gasteiger partial charge in [0.05, 0.1) is 19.2 Å². The lowest BCUT2D eigenvalue weighted by Gasteiger charge is -2.31. The Morgan fingerprint density at radius 2 is 2.12 bits per heavy atom. The highest BCUT2D eigenvalue weighted by Gasteiger charge is 2.37. The number of benzene rings is 1. The van der Waals surface area contributed by atoms with Gasteiger partial charge in [-0.3, -0.25) is 4.79 Å². The Balaban J connectivity index is 1.92. The third-order valence-corrected chi connectivity index (χ3v) is 4.78. The van der Waals surface area contributed by atoms with Crippen LogP contribution in [0.25, 0.3) is 0 Å². The number of carbonyl (C=O) groups excluding carboxylic acids is 1. The second-order valence-corrected chi connectivity index (χ2v) is 6.29. The van der Waals surface area contributed by atoms with E-state index in [4.69, 9.17) is 21.1 Å². The summed E-state index contributed by atoms with van der Waals surface area (Å²) >= 11 is 6.36. The molecule has 0 saturated heterocycles.